The van der Waals surface area contributed by atoms with Crippen LogP contribution < -0.4 is 11.2 Å². The molecule has 3 rings (SSSR count). The fraction of sp³-hybridized carbons (Fsp3) is 0.333. The number of esters is 2. The monoisotopic (exact) mass is 445 g/mol. The van der Waals surface area contributed by atoms with E-state index in [-0.39, 0.29) is 17.7 Å². The number of hydrazine groups is 1. The molecule has 3 atom stereocenters. The molecule has 1 aromatic carbocycles. The molecule has 2 heterocycles. The van der Waals surface area contributed by atoms with Crippen molar-refractivity contribution >= 4 is 35.1 Å². The predicted octanol–water partition coefficient (Wildman–Crippen LogP) is 1.19. The van der Waals surface area contributed by atoms with Gasteiger partial charge in [0.2, 0.25) is 0 Å². The van der Waals surface area contributed by atoms with Gasteiger partial charge in [-0.25, -0.2) is 20.0 Å². The van der Waals surface area contributed by atoms with Crippen molar-refractivity contribution in [3.8, 4) is 0 Å². The van der Waals surface area contributed by atoms with E-state index >= 15 is 0 Å². The minimum atomic E-state index is -1.24. The number of hydrogen-bond donors (Lipinski definition) is 3. The van der Waals surface area contributed by atoms with E-state index in [0.717, 1.165) is 10.6 Å². The van der Waals surface area contributed by atoms with Crippen molar-refractivity contribution in [1.29, 1.82) is 0 Å². The SMILES string of the molecule is C[C@H](N)C(=O)OC(=O)[C@@H](NN1C(=O)c2ccccc2C1=O)C(CCCO)c1ccsc1. The number of nitrogens with two attached hydrogens (primary N) is 1. The third kappa shape index (κ3) is 4.88. The van der Waals surface area contributed by atoms with Crippen molar-refractivity contribution in [3.05, 3.63) is 57.8 Å². The highest BCUT2D eigenvalue weighted by Crippen LogP contribution is 2.30. The van der Waals surface area contributed by atoms with Crippen LogP contribution in [0.5, 0.6) is 0 Å². The Bertz CT molecular complexity index is 940. The Morgan fingerprint density at radius 2 is 1.81 bits per heavy atom. The fourth-order valence-electron chi connectivity index (χ4n) is 3.33. The van der Waals surface area contributed by atoms with Crippen LogP contribution in [-0.2, 0) is 14.3 Å². The number of thiophene rings is 1. The number of rotatable bonds is 9. The number of nitrogens with one attached hydrogen (secondary N) is 1. The van der Waals surface area contributed by atoms with Gasteiger partial charge < -0.3 is 15.6 Å². The van der Waals surface area contributed by atoms with Gasteiger partial charge in [-0.1, -0.05) is 12.1 Å². The van der Waals surface area contributed by atoms with Crippen LogP contribution in [0.3, 0.4) is 0 Å². The van der Waals surface area contributed by atoms with Crippen LogP contribution in [0, 0.1) is 0 Å². The molecular formula is C21H23N3O6S. The van der Waals surface area contributed by atoms with Crippen molar-refractivity contribution in [2.45, 2.75) is 37.8 Å². The normalized spacial score (nSPS) is 16.0. The Balaban J connectivity index is 1.93. The number of benzene rings is 1. The number of carbonyl (C=O) groups excluding carboxylic acids is 4. The van der Waals surface area contributed by atoms with Crippen LogP contribution >= 0.6 is 11.3 Å². The number of ether oxygens (including phenoxy) is 1. The summed E-state index contributed by atoms with van der Waals surface area (Å²) >= 11 is 1.41. The van der Waals surface area contributed by atoms with Gasteiger partial charge in [0.15, 0.2) is 0 Å². The molecule has 2 aromatic rings. The average molecular weight is 445 g/mol. The highest BCUT2D eigenvalue weighted by atomic mass is 32.1. The molecule has 9 nitrogen and oxygen atoms in total. The molecule has 1 aliphatic heterocycles. The standard InChI is InChI=1S/C21H23N3O6S/c1-12(22)20(28)30-21(29)17(14(7-4-9-25)13-8-10-31-11-13)23-24-18(26)15-5-2-3-6-16(15)19(24)27/h2-3,5-6,8,10-12,14,17,23,25H,4,7,9,22H2,1H3/t12-,14?,17-/m0/s1. The maximum atomic E-state index is 13.0. The van der Waals surface area contributed by atoms with E-state index in [0.29, 0.717) is 12.8 Å². The third-order valence-electron chi connectivity index (χ3n) is 4.94. The van der Waals surface area contributed by atoms with E-state index in [1.807, 2.05) is 10.8 Å². The Morgan fingerprint density at radius 3 is 2.32 bits per heavy atom. The second kappa shape index (κ2) is 9.92. The van der Waals surface area contributed by atoms with Gasteiger partial charge in [0, 0.05) is 12.5 Å². The largest absolute Gasteiger partial charge is 0.396 e. The lowest BCUT2D eigenvalue weighted by atomic mass is 9.89. The van der Waals surface area contributed by atoms with Crippen molar-refractivity contribution in [2.75, 3.05) is 6.61 Å². The molecule has 0 aliphatic carbocycles. The zero-order valence-electron chi connectivity index (χ0n) is 16.8. The Morgan fingerprint density at radius 1 is 1.16 bits per heavy atom. The molecule has 0 saturated heterocycles. The Kier molecular flexibility index (Phi) is 7.29. The Labute approximate surface area is 182 Å². The van der Waals surface area contributed by atoms with Gasteiger partial charge in [-0.05, 0) is 54.3 Å². The lowest BCUT2D eigenvalue weighted by Crippen LogP contribution is -2.54. The summed E-state index contributed by atoms with van der Waals surface area (Å²) in [7, 11) is 0. The zero-order chi connectivity index (χ0) is 22.5. The van der Waals surface area contributed by atoms with Crippen LogP contribution in [0.4, 0.5) is 0 Å². The summed E-state index contributed by atoms with van der Waals surface area (Å²) in [6.07, 6.45) is 0.699. The van der Waals surface area contributed by atoms with E-state index in [1.165, 1.54) is 30.4 Å². The first-order valence-electron chi connectivity index (χ1n) is 9.73. The van der Waals surface area contributed by atoms with Crippen LogP contribution in [0.15, 0.2) is 41.1 Å². The van der Waals surface area contributed by atoms with Gasteiger partial charge in [-0.2, -0.15) is 11.3 Å². The first-order chi connectivity index (χ1) is 14.8. The second-order valence-corrected chi connectivity index (χ2v) is 7.94. The van der Waals surface area contributed by atoms with Gasteiger partial charge >= 0.3 is 11.9 Å². The zero-order valence-corrected chi connectivity index (χ0v) is 17.6. The molecule has 0 fully saturated rings. The third-order valence-corrected chi connectivity index (χ3v) is 5.64. The van der Waals surface area contributed by atoms with Crippen molar-refractivity contribution in [3.63, 3.8) is 0 Å². The maximum Gasteiger partial charge on any atom is 0.333 e. The van der Waals surface area contributed by atoms with E-state index in [1.54, 1.807) is 18.2 Å². The number of carbonyl (C=O) groups is 4. The first kappa shape index (κ1) is 22.8. The van der Waals surface area contributed by atoms with E-state index in [2.05, 4.69) is 5.43 Å². The minimum absolute atomic E-state index is 0.117. The molecule has 31 heavy (non-hydrogen) atoms. The van der Waals surface area contributed by atoms with Crippen molar-refractivity contribution in [2.24, 2.45) is 5.73 Å². The summed E-state index contributed by atoms with van der Waals surface area (Å²) in [5.41, 5.74) is 9.36. The number of imide groups is 1. The molecule has 1 aliphatic rings. The molecule has 1 aromatic heterocycles. The highest BCUT2D eigenvalue weighted by molar-refractivity contribution is 7.08. The number of aliphatic hydroxyl groups excluding tert-OH is 1. The maximum absolute atomic E-state index is 13.0. The summed E-state index contributed by atoms with van der Waals surface area (Å²) in [5, 5.41) is 13.7. The van der Waals surface area contributed by atoms with E-state index < -0.39 is 41.8 Å². The van der Waals surface area contributed by atoms with Crippen LogP contribution in [0.25, 0.3) is 0 Å². The van der Waals surface area contributed by atoms with Gasteiger partial charge in [0.1, 0.15) is 12.1 Å². The van der Waals surface area contributed by atoms with Crippen molar-refractivity contribution < 1.29 is 29.0 Å². The van der Waals surface area contributed by atoms with Gasteiger partial charge in [-0.15, -0.1) is 0 Å². The van der Waals surface area contributed by atoms with Gasteiger partial charge in [0.25, 0.3) is 11.8 Å². The van der Waals surface area contributed by atoms with Gasteiger partial charge in [0.05, 0.1) is 11.1 Å². The molecule has 2 amide bonds. The summed E-state index contributed by atoms with van der Waals surface area (Å²) < 4.78 is 4.92. The summed E-state index contributed by atoms with van der Waals surface area (Å²) in [6, 6.07) is 5.83. The smallest absolute Gasteiger partial charge is 0.333 e. The summed E-state index contributed by atoms with van der Waals surface area (Å²) in [5.74, 6) is -3.68. The van der Waals surface area contributed by atoms with E-state index in [9.17, 15) is 24.3 Å². The fourth-order valence-corrected chi connectivity index (χ4v) is 4.06. The number of hydrogen-bond acceptors (Lipinski definition) is 9. The molecule has 164 valence electrons. The predicted molar refractivity (Wildman–Crippen MR) is 112 cm³/mol. The Hall–Kier alpha value is -2.92. The van der Waals surface area contributed by atoms with Crippen LogP contribution in [0.2, 0.25) is 0 Å². The lowest BCUT2D eigenvalue weighted by molar-refractivity contribution is -0.162. The average Bonchev–Trinajstić information content (AvgIpc) is 3.36. The number of aliphatic hydroxyl groups is 1. The molecule has 0 bridgehead atoms. The second-order valence-electron chi connectivity index (χ2n) is 7.16. The molecule has 0 spiro atoms. The molecule has 10 heteroatoms. The summed E-state index contributed by atoms with van der Waals surface area (Å²) in [6.45, 7) is 1.26. The minimum Gasteiger partial charge on any atom is -0.396 e. The van der Waals surface area contributed by atoms with E-state index in [4.69, 9.17) is 10.5 Å². The van der Waals surface area contributed by atoms with Crippen LogP contribution in [-0.4, -0.2) is 52.6 Å². The quantitative estimate of drug-likeness (QED) is 0.297. The molecular weight excluding hydrogens is 422 g/mol. The lowest BCUT2D eigenvalue weighted by Gasteiger charge is -2.29. The first-order valence-corrected chi connectivity index (χ1v) is 10.7. The molecule has 0 saturated carbocycles. The number of nitrogens with zero attached hydrogens (tertiary/aromatic N) is 1. The van der Waals surface area contributed by atoms with Crippen molar-refractivity contribution in [1.82, 2.24) is 10.4 Å². The van der Waals surface area contributed by atoms with Gasteiger partial charge in [-0.3, -0.25) is 9.59 Å². The van der Waals surface area contributed by atoms with Crippen LogP contribution in [0.1, 0.15) is 52.0 Å². The highest BCUT2D eigenvalue weighted by Gasteiger charge is 2.41. The molecule has 1 unspecified atom stereocenters. The number of amides is 2. The number of fused-ring (bicyclic) bond motifs is 1. The summed E-state index contributed by atoms with van der Waals surface area (Å²) in [4.78, 5) is 50.5. The topological polar surface area (TPSA) is 139 Å². The molecule has 0 radical (unpaired) electrons. The molecule has 4 N–H and O–H groups in total.